The van der Waals surface area contributed by atoms with Crippen molar-refractivity contribution >= 4 is 44.6 Å². The monoisotopic (exact) mass is 413 g/mol. The number of rotatable bonds is 5. The summed E-state index contributed by atoms with van der Waals surface area (Å²) in [5, 5.41) is 0. The van der Waals surface area contributed by atoms with Gasteiger partial charge in [-0.05, 0) is 24.3 Å². The fraction of sp³-hybridized carbons (Fsp3) is 0.353. The molecule has 1 fully saturated rings. The van der Waals surface area contributed by atoms with Crippen LogP contribution in [0.15, 0.2) is 46.7 Å². The van der Waals surface area contributed by atoms with Gasteiger partial charge in [-0.1, -0.05) is 29.8 Å². The van der Waals surface area contributed by atoms with Gasteiger partial charge in [-0.25, -0.2) is 8.42 Å². The SMILES string of the molecule is CN(C(=O)CN1CCN(S(=O)(=O)c2ccc(Cl)s2)CC1)c1ccccc1. The Labute approximate surface area is 162 Å². The molecule has 0 spiro atoms. The van der Waals surface area contributed by atoms with E-state index in [1.807, 2.05) is 35.2 Å². The van der Waals surface area contributed by atoms with Crippen LogP contribution in [0.3, 0.4) is 0 Å². The molecule has 0 atom stereocenters. The normalized spacial score (nSPS) is 16.5. The van der Waals surface area contributed by atoms with Crippen LogP contribution in [-0.4, -0.2) is 63.3 Å². The second-order valence-corrected chi connectivity index (χ2v) is 9.91. The molecule has 6 nitrogen and oxygen atoms in total. The molecular weight excluding hydrogens is 394 g/mol. The molecule has 0 bridgehead atoms. The highest BCUT2D eigenvalue weighted by atomic mass is 35.5. The number of anilines is 1. The predicted octanol–water partition coefficient (Wildman–Crippen LogP) is 2.37. The van der Waals surface area contributed by atoms with Gasteiger partial charge in [0.2, 0.25) is 5.91 Å². The van der Waals surface area contributed by atoms with Gasteiger partial charge in [-0.15, -0.1) is 11.3 Å². The van der Waals surface area contributed by atoms with E-state index in [2.05, 4.69) is 0 Å². The van der Waals surface area contributed by atoms with E-state index >= 15 is 0 Å². The second-order valence-electron chi connectivity index (χ2n) is 6.03. The molecule has 2 heterocycles. The molecule has 1 aromatic heterocycles. The molecule has 1 aliphatic rings. The van der Waals surface area contributed by atoms with Crippen LogP contribution in [0.5, 0.6) is 0 Å². The van der Waals surface area contributed by atoms with Crippen molar-refractivity contribution in [1.29, 1.82) is 0 Å². The van der Waals surface area contributed by atoms with Crippen molar-refractivity contribution in [2.45, 2.75) is 4.21 Å². The van der Waals surface area contributed by atoms with Crippen molar-refractivity contribution in [1.82, 2.24) is 9.21 Å². The first kappa shape index (κ1) is 19.3. The Morgan fingerprint density at radius 1 is 1.12 bits per heavy atom. The van der Waals surface area contributed by atoms with Gasteiger partial charge in [-0.2, -0.15) is 4.31 Å². The van der Waals surface area contributed by atoms with Crippen molar-refractivity contribution in [3.63, 3.8) is 0 Å². The maximum absolute atomic E-state index is 12.6. The van der Waals surface area contributed by atoms with E-state index in [1.54, 1.807) is 18.0 Å². The van der Waals surface area contributed by atoms with Gasteiger partial charge in [0, 0.05) is 38.9 Å². The minimum Gasteiger partial charge on any atom is -0.314 e. The fourth-order valence-corrected chi connectivity index (χ4v) is 5.84. The molecule has 2 aromatic rings. The number of para-hydroxylation sites is 1. The molecule has 0 unspecified atom stereocenters. The fourth-order valence-electron chi connectivity index (χ4n) is 2.78. The quantitative estimate of drug-likeness (QED) is 0.755. The van der Waals surface area contributed by atoms with Crippen molar-refractivity contribution in [2.75, 3.05) is 44.7 Å². The Morgan fingerprint density at radius 3 is 2.35 bits per heavy atom. The highest BCUT2D eigenvalue weighted by molar-refractivity contribution is 7.91. The maximum atomic E-state index is 12.6. The Balaban J connectivity index is 1.56. The average Bonchev–Trinajstić information content (AvgIpc) is 3.09. The minimum atomic E-state index is -3.51. The molecule has 1 saturated heterocycles. The zero-order valence-corrected chi connectivity index (χ0v) is 16.7. The van der Waals surface area contributed by atoms with E-state index in [1.165, 1.54) is 10.4 Å². The number of benzene rings is 1. The van der Waals surface area contributed by atoms with Gasteiger partial charge in [0.25, 0.3) is 10.0 Å². The summed E-state index contributed by atoms with van der Waals surface area (Å²) in [6, 6.07) is 12.6. The third kappa shape index (κ3) is 4.27. The van der Waals surface area contributed by atoms with E-state index in [-0.39, 0.29) is 16.7 Å². The molecule has 9 heteroatoms. The summed E-state index contributed by atoms with van der Waals surface area (Å²) in [5.74, 6) is -0.0162. The van der Waals surface area contributed by atoms with Crippen LogP contribution in [0.25, 0.3) is 0 Å². The molecule has 1 amide bonds. The topological polar surface area (TPSA) is 60.9 Å². The summed E-state index contributed by atoms with van der Waals surface area (Å²) in [6.07, 6.45) is 0. The van der Waals surface area contributed by atoms with Gasteiger partial charge in [0.15, 0.2) is 0 Å². The highest BCUT2D eigenvalue weighted by Gasteiger charge is 2.30. The van der Waals surface area contributed by atoms with Crippen LogP contribution in [-0.2, 0) is 14.8 Å². The number of hydrogen-bond acceptors (Lipinski definition) is 5. The molecule has 140 valence electrons. The Hall–Kier alpha value is -1.45. The van der Waals surface area contributed by atoms with Crippen LogP contribution in [0.1, 0.15) is 0 Å². The molecule has 1 aromatic carbocycles. The van der Waals surface area contributed by atoms with Crippen LogP contribution in [0, 0.1) is 0 Å². The molecule has 26 heavy (non-hydrogen) atoms. The molecule has 0 saturated carbocycles. The van der Waals surface area contributed by atoms with E-state index in [0.717, 1.165) is 17.0 Å². The summed E-state index contributed by atoms with van der Waals surface area (Å²) in [6.45, 7) is 2.03. The summed E-state index contributed by atoms with van der Waals surface area (Å²) in [4.78, 5) is 16.1. The standard InChI is InChI=1S/C17H20ClN3O3S2/c1-19(14-5-3-2-4-6-14)16(22)13-20-9-11-21(12-10-20)26(23,24)17-8-7-15(18)25-17/h2-8H,9-13H2,1H3. The first-order valence-corrected chi connectivity index (χ1v) is 10.8. The summed E-state index contributed by atoms with van der Waals surface area (Å²) in [5.41, 5.74) is 0.841. The smallest absolute Gasteiger partial charge is 0.252 e. The number of amides is 1. The number of nitrogens with zero attached hydrogens (tertiary/aromatic N) is 3. The number of halogens is 1. The minimum absolute atomic E-state index is 0.0162. The van der Waals surface area contributed by atoms with Crippen molar-refractivity contribution in [3.8, 4) is 0 Å². The maximum Gasteiger partial charge on any atom is 0.252 e. The number of sulfonamides is 1. The van der Waals surface area contributed by atoms with Crippen LogP contribution < -0.4 is 4.90 Å². The molecule has 0 radical (unpaired) electrons. The van der Waals surface area contributed by atoms with Crippen molar-refractivity contribution < 1.29 is 13.2 Å². The molecule has 1 aliphatic heterocycles. The third-order valence-electron chi connectivity index (χ3n) is 4.35. The van der Waals surface area contributed by atoms with Crippen molar-refractivity contribution in [2.24, 2.45) is 0 Å². The predicted molar refractivity (Wildman–Crippen MR) is 104 cm³/mol. The lowest BCUT2D eigenvalue weighted by Gasteiger charge is -2.34. The second kappa shape index (κ2) is 8.06. The zero-order chi connectivity index (χ0) is 18.7. The number of likely N-dealkylation sites (N-methyl/N-ethyl adjacent to an activating group) is 1. The van der Waals surface area contributed by atoms with E-state index in [0.29, 0.717) is 30.5 Å². The number of thiophene rings is 1. The lowest BCUT2D eigenvalue weighted by Crippen LogP contribution is -2.51. The number of carbonyl (C=O) groups excluding carboxylic acids is 1. The van der Waals surface area contributed by atoms with Crippen LogP contribution >= 0.6 is 22.9 Å². The van der Waals surface area contributed by atoms with E-state index in [4.69, 9.17) is 11.6 Å². The lowest BCUT2D eigenvalue weighted by molar-refractivity contribution is -0.119. The Morgan fingerprint density at radius 2 is 1.77 bits per heavy atom. The summed E-state index contributed by atoms with van der Waals surface area (Å²) < 4.78 is 27.4. The van der Waals surface area contributed by atoms with Crippen LogP contribution in [0.2, 0.25) is 4.34 Å². The van der Waals surface area contributed by atoms with Gasteiger partial charge < -0.3 is 4.90 Å². The first-order chi connectivity index (χ1) is 12.4. The van der Waals surface area contributed by atoms with Crippen LogP contribution in [0.4, 0.5) is 5.69 Å². The Bertz CT molecular complexity index is 862. The lowest BCUT2D eigenvalue weighted by atomic mass is 10.3. The molecule has 0 aliphatic carbocycles. The summed E-state index contributed by atoms with van der Waals surface area (Å²) >= 11 is 6.91. The molecule has 0 N–H and O–H groups in total. The zero-order valence-electron chi connectivity index (χ0n) is 14.3. The number of carbonyl (C=O) groups is 1. The van der Waals surface area contributed by atoms with Gasteiger partial charge in [0.05, 0.1) is 10.9 Å². The van der Waals surface area contributed by atoms with Gasteiger partial charge in [0.1, 0.15) is 4.21 Å². The summed E-state index contributed by atoms with van der Waals surface area (Å²) in [7, 11) is -1.76. The Kier molecular flexibility index (Phi) is 5.99. The average molecular weight is 414 g/mol. The van der Waals surface area contributed by atoms with Crippen molar-refractivity contribution in [3.05, 3.63) is 46.8 Å². The number of hydrogen-bond donors (Lipinski definition) is 0. The third-order valence-corrected chi connectivity index (χ3v) is 7.95. The van der Waals surface area contributed by atoms with E-state index < -0.39 is 10.0 Å². The number of piperazine rings is 1. The molecular formula is C17H20ClN3O3S2. The largest absolute Gasteiger partial charge is 0.314 e. The van der Waals surface area contributed by atoms with E-state index in [9.17, 15) is 13.2 Å². The highest BCUT2D eigenvalue weighted by Crippen LogP contribution is 2.28. The van der Waals surface area contributed by atoms with Gasteiger partial charge in [-0.3, -0.25) is 9.69 Å². The molecule has 3 rings (SSSR count). The van der Waals surface area contributed by atoms with Gasteiger partial charge >= 0.3 is 0 Å². The first-order valence-electron chi connectivity index (χ1n) is 8.17.